The quantitative estimate of drug-likeness (QED) is 0.637. The molecule has 3 N–H and O–H groups in total. The SMILES string of the molecule is CC(O)(C(N)=O)c1ccncc1. The molecule has 64 valence electrons. The number of primary amides is 1. The van der Waals surface area contributed by atoms with Crippen LogP contribution in [0.5, 0.6) is 0 Å². The van der Waals surface area contributed by atoms with E-state index < -0.39 is 11.5 Å². The third kappa shape index (κ3) is 1.43. The van der Waals surface area contributed by atoms with Crippen molar-refractivity contribution in [3.05, 3.63) is 30.1 Å². The number of aromatic nitrogens is 1. The molecular weight excluding hydrogens is 156 g/mol. The molecule has 0 aromatic carbocycles. The van der Waals surface area contributed by atoms with Crippen molar-refractivity contribution < 1.29 is 9.90 Å². The van der Waals surface area contributed by atoms with Gasteiger partial charge in [-0.15, -0.1) is 0 Å². The lowest BCUT2D eigenvalue weighted by Gasteiger charge is -2.18. The highest BCUT2D eigenvalue weighted by atomic mass is 16.3. The van der Waals surface area contributed by atoms with Crippen molar-refractivity contribution in [2.75, 3.05) is 0 Å². The summed E-state index contributed by atoms with van der Waals surface area (Å²) in [5.74, 6) is -0.770. The number of hydrogen-bond donors (Lipinski definition) is 2. The van der Waals surface area contributed by atoms with Gasteiger partial charge in [-0.1, -0.05) is 0 Å². The van der Waals surface area contributed by atoms with E-state index in [-0.39, 0.29) is 0 Å². The Labute approximate surface area is 70.0 Å². The Morgan fingerprint density at radius 1 is 1.58 bits per heavy atom. The van der Waals surface area contributed by atoms with E-state index in [0.29, 0.717) is 5.56 Å². The molecule has 4 heteroatoms. The second-order valence-electron chi connectivity index (χ2n) is 2.67. The Balaban J connectivity index is 3.06. The standard InChI is InChI=1S/C8H10N2O2/c1-8(12,7(9)11)6-2-4-10-5-3-6/h2-5,12H,1H3,(H2,9,11). The zero-order valence-corrected chi connectivity index (χ0v) is 6.69. The Kier molecular flexibility index (Phi) is 2.10. The summed E-state index contributed by atoms with van der Waals surface area (Å²) < 4.78 is 0. The highest BCUT2D eigenvalue weighted by Crippen LogP contribution is 2.18. The van der Waals surface area contributed by atoms with Crippen molar-refractivity contribution in [3.8, 4) is 0 Å². The fourth-order valence-electron chi connectivity index (χ4n) is 0.819. The maximum atomic E-state index is 10.8. The molecule has 12 heavy (non-hydrogen) atoms. The maximum absolute atomic E-state index is 10.8. The van der Waals surface area contributed by atoms with Gasteiger partial charge in [0, 0.05) is 12.4 Å². The average Bonchev–Trinajstić information content (AvgIpc) is 2.06. The van der Waals surface area contributed by atoms with E-state index in [4.69, 9.17) is 5.73 Å². The van der Waals surface area contributed by atoms with Crippen molar-refractivity contribution in [2.45, 2.75) is 12.5 Å². The van der Waals surface area contributed by atoms with Gasteiger partial charge in [0.05, 0.1) is 0 Å². The van der Waals surface area contributed by atoms with E-state index in [1.807, 2.05) is 0 Å². The fourth-order valence-corrected chi connectivity index (χ4v) is 0.819. The summed E-state index contributed by atoms with van der Waals surface area (Å²) in [6.07, 6.45) is 2.99. The van der Waals surface area contributed by atoms with E-state index in [1.54, 1.807) is 12.1 Å². The Morgan fingerprint density at radius 3 is 2.50 bits per heavy atom. The smallest absolute Gasteiger partial charge is 0.253 e. The number of aliphatic hydroxyl groups is 1. The van der Waals surface area contributed by atoms with Gasteiger partial charge in [-0.2, -0.15) is 0 Å². The van der Waals surface area contributed by atoms with Crippen LogP contribution >= 0.6 is 0 Å². The van der Waals surface area contributed by atoms with E-state index in [9.17, 15) is 9.90 Å². The van der Waals surface area contributed by atoms with Gasteiger partial charge in [0.1, 0.15) is 0 Å². The first-order valence-electron chi connectivity index (χ1n) is 3.48. The van der Waals surface area contributed by atoms with Gasteiger partial charge in [-0.25, -0.2) is 0 Å². The lowest BCUT2D eigenvalue weighted by Crippen LogP contribution is -2.38. The first-order chi connectivity index (χ1) is 5.55. The molecule has 0 aliphatic rings. The molecule has 1 heterocycles. The molecule has 1 amide bonds. The summed E-state index contributed by atoms with van der Waals surface area (Å²) in [4.78, 5) is 14.5. The van der Waals surface area contributed by atoms with Crippen LogP contribution in [-0.2, 0) is 10.4 Å². The Hall–Kier alpha value is -1.42. The predicted molar refractivity (Wildman–Crippen MR) is 43.0 cm³/mol. The van der Waals surface area contributed by atoms with Gasteiger partial charge in [0.25, 0.3) is 5.91 Å². The normalized spacial score (nSPS) is 15.2. The molecule has 4 nitrogen and oxygen atoms in total. The molecule has 0 saturated carbocycles. The number of rotatable bonds is 2. The first-order valence-corrected chi connectivity index (χ1v) is 3.48. The van der Waals surface area contributed by atoms with Gasteiger partial charge in [0.2, 0.25) is 0 Å². The first kappa shape index (κ1) is 8.67. The van der Waals surface area contributed by atoms with Gasteiger partial charge < -0.3 is 10.8 Å². The van der Waals surface area contributed by atoms with E-state index in [1.165, 1.54) is 19.3 Å². The highest BCUT2D eigenvalue weighted by Gasteiger charge is 2.29. The molecular formula is C8H10N2O2. The minimum absolute atomic E-state index is 0.449. The summed E-state index contributed by atoms with van der Waals surface area (Å²) in [7, 11) is 0. The number of carbonyl (C=O) groups is 1. The van der Waals surface area contributed by atoms with Crippen LogP contribution in [0, 0.1) is 0 Å². The van der Waals surface area contributed by atoms with Crippen LogP contribution in [-0.4, -0.2) is 16.0 Å². The Bertz CT molecular complexity index is 282. The second-order valence-corrected chi connectivity index (χ2v) is 2.67. The molecule has 1 aromatic rings. The van der Waals surface area contributed by atoms with Crippen molar-refractivity contribution in [2.24, 2.45) is 5.73 Å². The van der Waals surface area contributed by atoms with Crippen LogP contribution in [0.15, 0.2) is 24.5 Å². The van der Waals surface area contributed by atoms with E-state index in [0.717, 1.165) is 0 Å². The molecule has 0 aliphatic heterocycles. The summed E-state index contributed by atoms with van der Waals surface area (Å²) in [6.45, 7) is 1.35. The average molecular weight is 166 g/mol. The maximum Gasteiger partial charge on any atom is 0.253 e. The van der Waals surface area contributed by atoms with Crippen LogP contribution in [0.25, 0.3) is 0 Å². The molecule has 1 atom stereocenters. The number of hydrogen-bond acceptors (Lipinski definition) is 3. The lowest BCUT2D eigenvalue weighted by atomic mass is 9.97. The van der Waals surface area contributed by atoms with E-state index in [2.05, 4.69) is 4.98 Å². The third-order valence-electron chi connectivity index (χ3n) is 1.72. The van der Waals surface area contributed by atoms with Gasteiger partial charge in [0.15, 0.2) is 5.60 Å². The van der Waals surface area contributed by atoms with Crippen LogP contribution in [0.1, 0.15) is 12.5 Å². The number of pyridine rings is 1. The third-order valence-corrected chi connectivity index (χ3v) is 1.72. The largest absolute Gasteiger partial charge is 0.376 e. The molecule has 0 spiro atoms. The van der Waals surface area contributed by atoms with Crippen molar-refractivity contribution in [1.29, 1.82) is 0 Å². The summed E-state index contributed by atoms with van der Waals surface area (Å²) in [5.41, 5.74) is 3.83. The molecule has 0 saturated heterocycles. The second kappa shape index (κ2) is 2.91. The molecule has 1 aromatic heterocycles. The molecule has 1 unspecified atom stereocenters. The molecule has 0 fully saturated rings. The molecule has 1 rings (SSSR count). The number of nitrogens with two attached hydrogens (primary N) is 1. The number of nitrogens with zero attached hydrogens (tertiary/aromatic N) is 1. The lowest BCUT2D eigenvalue weighted by molar-refractivity contribution is -0.135. The van der Waals surface area contributed by atoms with Crippen LogP contribution < -0.4 is 5.73 Å². The topological polar surface area (TPSA) is 76.2 Å². The monoisotopic (exact) mass is 166 g/mol. The fraction of sp³-hybridized carbons (Fsp3) is 0.250. The number of amides is 1. The summed E-state index contributed by atoms with van der Waals surface area (Å²) in [6, 6.07) is 3.09. The highest BCUT2D eigenvalue weighted by molar-refractivity contribution is 5.84. The zero-order chi connectivity index (χ0) is 9.19. The van der Waals surface area contributed by atoms with Crippen molar-refractivity contribution in [3.63, 3.8) is 0 Å². The van der Waals surface area contributed by atoms with E-state index >= 15 is 0 Å². The van der Waals surface area contributed by atoms with Crippen LogP contribution in [0.2, 0.25) is 0 Å². The molecule has 0 bridgehead atoms. The zero-order valence-electron chi connectivity index (χ0n) is 6.69. The van der Waals surface area contributed by atoms with Crippen LogP contribution in [0.4, 0.5) is 0 Å². The summed E-state index contributed by atoms with van der Waals surface area (Å²) >= 11 is 0. The Morgan fingerprint density at radius 2 is 2.08 bits per heavy atom. The molecule has 0 aliphatic carbocycles. The predicted octanol–water partition coefficient (Wildman–Crippen LogP) is -0.226. The van der Waals surface area contributed by atoms with Crippen molar-refractivity contribution in [1.82, 2.24) is 4.98 Å². The van der Waals surface area contributed by atoms with Gasteiger partial charge in [-0.05, 0) is 24.6 Å². The molecule has 0 radical (unpaired) electrons. The minimum atomic E-state index is -1.61. The van der Waals surface area contributed by atoms with Gasteiger partial charge in [-0.3, -0.25) is 9.78 Å². The summed E-state index contributed by atoms with van der Waals surface area (Å²) in [5, 5.41) is 9.56. The van der Waals surface area contributed by atoms with Gasteiger partial charge >= 0.3 is 0 Å². The minimum Gasteiger partial charge on any atom is -0.376 e. The van der Waals surface area contributed by atoms with Crippen LogP contribution in [0.3, 0.4) is 0 Å². The van der Waals surface area contributed by atoms with Crippen molar-refractivity contribution >= 4 is 5.91 Å². The number of carbonyl (C=O) groups excluding carboxylic acids is 1.